The van der Waals surface area contributed by atoms with Gasteiger partial charge in [-0.05, 0) is 43.9 Å². The van der Waals surface area contributed by atoms with Crippen molar-refractivity contribution in [1.29, 1.82) is 0 Å². The van der Waals surface area contributed by atoms with Crippen LogP contribution < -0.4 is 10.9 Å². The van der Waals surface area contributed by atoms with Crippen LogP contribution in [0.25, 0.3) is 11.3 Å². The summed E-state index contributed by atoms with van der Waals surface area (Å²) in [5.74, 6) is 0.974. The molecule has 4 nitrogen and oxygen atoms in total. The SMILES string of the molecule is Cc1cnc(-c2cccc3c2CCC(Cc2ccccc2)(Cc2ccccc2)O3)c(C)n1.N. The number of hydrogen-bond donors (Lipinski definition) is 1. The van der Waals surface area contributed by atoms with Crippen LogP contribution in [0.1, 0.15) is 34.5 Å². The third kappa shape index (κ3) is 4.81. The Bertz CT molecular complexity index is 1180. The van der Waals surface area contributed by atoms with Gasteiger partial charge in [0, 0.05) is 30.2 Å². The van der Waals surface area contributed by atoms with Gasteiger partial charge in [0.15, 0.2) is 0 Å². The number of rotatable bonds is 5. The molecule has 168 valence electrons. The first-order valence-electron chi connectivity index (χ1n) is 11.3. The zero-order valence-corrected chi connectivity index (χ0v) is 19.4. The highest BCUT2D eigenvalue weighted by Gasteiger charge is 2.37. The Morgan fingerprint density at radius 3 is 2.06 bits per heavy atom. The smallest absolute Gasteiger partial charge is 0.124 e. The molecule has 0 spiro atoms. The largest absolute Gasteiger partial charge is 0.486 e. The first-order chi connectivity index (χ1) is 15.6. The maximum atomic E-state index is 6.91. The molecular formula is C29H31N3O. The number of nitrogens with zero attached hydrogens (tertiary/aromatic N) is 2. The van der Waals surface area contributed by atoms with E-state index in [1.165, 1.54) is 16.7 Å². The Morgan fingerprint density at radius 2 is 1.45 bits per heavy atom. The molecule has 0 saturated carbocycles. The summed E-state index contributed by atoms with van der Waals surface area (Å²) in [5.41, 5.74) is 7.58. The predicted molar refractivity (Wildman–Crippen MR) is 134 cm³/mol. The summed E-state index contributed by atoms with van der Waals surface area (Å²) < 4.78 is 6.91. The van der Waals surface area contributed by atoms with E-state index >= 15 is 0 Å². The summed E-state index contributed by atoms with van der Waals surface area (Å²) in [7, 11) is 0. The van der Waals surface area contributed by atoms with Crippen LogP contribution in [-0.2, 0) is 19.3 Å². The summed E-state index contributed by atoms with van der Waals surface area (Å²) in [5, 5.41) is 0. The van der Waals surface area contributed by atoms with E-state index in [2.05, 4.69) is 83.8 Å². The molecular weight excluding hydrogens is 406 g/mol. The maximum absolute atomic E-state index is 6.91. The lowest BCUT2D eigenvalue weighted by atomic mass is 9.80. The van der Waals surface area contributed by atoms with Crippen LogP contribution in [0, 0.1) is 13.8 Å². The molecule has 4 heteroatoms. The molecule has 2 heterocycles. The van der Waals surface area contributed by atoms with E-state index < -0.39 is 0 Å². The second-order valence-electron chi connectivity index (χ2n) is 8.84. The minimum atomic E-state index is -0.275. The van der Waals surface area contributed by atoms with Crippen LogP contribution in [0.2, 0.25) is 0 Å². The molecule has 33 heavy (non-hydrogen) atoms. The Morgan fingerprint density at radius 1 is 0.818 bits per heavy atom. The summed E-state index contributed by atoms with van der Waals surface area (Å²) in [6.07, 6.45) is 5.53. The zero-order chi connectivity index (χ0) is 22.0. The van der Waals surface area contributed by atoms with Gasteiger partial charge in [-0.1, -0.05) is 72.8 Å². The lowest BCUT2D eigenvalue weighted by Gasteiger charge is -2.40. The number of aromatic nitrogens is 2. The lowest BCUT2D eigenvalue weighted by molar-refractivity contribution is 0.0466. The van der Waals surface area contributed by atoms with Crippen LogP contribution >= 0.6 is 0 Å². The van der Waals surface area contributed by atoms with Crippen molar-refractivity contribution >= 4 is 0 Å². The van der Waals surface area contributed by atoms with Crippen molar-refractivity contribution in [3.63, 3.8) is 0 Å². The molecule has 3 N–H and O–H groups in total. The molecule has 0 atom stereocenters. The van der Waals surface area contributed by atoms with E-state index in [1.807, 2.05) is 20.0 Å². The van der Waals surface area contributed by atoms with Gasteiger partial charge in [0.2, 0.25) is 0 Å². The second kappa shape index (κ2) is 9.55. The number of ether oxygens (including phenoxy) is 1. The molecule has 1 aliphatic heterocycles. The molecule has 0 saturated heterocycles. The van der Waals surface area contributed by atoms with Gasteiger partial charge in [0.05, 0.1) is 17.1 Å². The van der Waals surface area contributed by atoms with Crippen molar-refractivity contribution in [2.45, 2.75) is 45.1 Å². The van der Waals surface area contributed by atoms with E-state index in [-0.39, 0.29) is 11.8 Å². The average molecular weight is 438 g/mol. The van der Waals surface area contributed by atoms with Gasteiger partial charge in [-0.2, -0.15) is 0 Å². The van der Waals surface area contributed by atoms with Crippen LogP contribution in [0.5, 0.6) is 5.75 Å². The number of aryl methyl sites for hydroxylation is 2. The van der Waals surface area contributed by atoms with Crippen LogP contribution in [0.15, 0.2) is 85.1 Å². The third-order valence-electron chi connectivity index (χ3n) is 6.35. The number of benzene rings is 3. The normalized spacial score (nSPS) is 14.0. The fourth-order valence-corrected chi connectivity index (χ4v) is 4.89. The predicted octanol–water partition coefficient (Wildman–Crippen LogP) is 6.47. The zero-order valence-electron chi connectivity index (χ0n) is 19.4. The maximum Gasteiger partial charge on any atom is 0.124 e. The second-order valence-corrected chi connectivity index (χ2v) is 8.84. The van der Waals surface area contributed by atoms with E-state index in [0.29, 0.717) is 0 Å². The molecule has 4 aromatic rings. The Labute approximate surface area is 196 Å². The van der Waals surface area contributed by atoms with Crippen molar-refractivity contribution in [2.75, 3.05) is 0 Å². The standard InChI is InChI=1S/C29H28N2O.H3N/c1-21-20-30-28(22(2)31-21)26-14-9-15-27-25(26)16-17-29(32-27,18-23-10-5-3-6-11-23)19-24-12-7-4-8-13-24;/h3-15,20H,16-19H2,1-2H3;1H3. The molecule has 0 aliphatic carbocycles. The first kappa shape index (κ1) is 22.7. The highest BCUT2D eigenvalue weighted by molar-refractivity contribution is 5.69. The molecule has 3 aromatic carbocycles. The fourth-order valence-electron chi connectivity index (χ4n) is 4.89. The van der Waals surface area contributed by atoms with Gasteiger partial charge in [0.25, 0.3) is 0 Å². The minimum Gasteiger partial charge on any atom is -0.486 e. The van der Waals surface area contributed by atoms with Crippen molar-refractivity contribution in [3.8, 4) is 17.0 Å². The van der Waals surface area contributed by atoms with E-state index in [1.54, 1.807) is 0 Å². The Balaban J connectivity index is 0.00000259. The van der Waals surface area contributed by atoms with E-state index in [0.717, 1.165) is 54.1 Å². The molecule has 5 rings (SSSR count). The quantitative estimate of drug-likeness (QED) is 0.388. The van der Waals surface area contributed by atoms with E-state index in [9.17, 15) is 0 Å². The van der Waals surface area contributed by atoms with Gasteiger partial charge < -0.3 is 10.9 Å². The molecule has 0 unspecified atom stereocenters. The van der Waals surface area contributed by atoms with Gasteiger partial charge in [-0.3, -0.25) is 9.97 Å². The van der Waals surface area contributed by atoms with Crippen LogP contribution in [-0.4, -0.2) is 15.6 Å². The fraction of sp³-hybridized carbons (Fsp3) is 0.241. The van der Waals surface area contributed by atoms with Crippen molar-refractivity contribution in [2.24, 2.45) is 0 Å². The molecule has 0 fully saturated rings. The van der Waals surface area contributed by atoms with Gasteiger partial charge in [-0.15, -0.1) is 0 Å². The first-order valence-corrected chi connectivity index (χ1v) is 11.3. The summed E-state index contributed by atoms with van der Waals surface area (Å²) in [4.78, 5) is 9.35. The lowest BCUT2D eigenvalue weighted by Crippen LogP contribution is -2.44. The van der Waals surface area contributed by atoms with Crippen molar-refractivity contribution < 1.29 is 4.74 Å². The molecule has 0 bridgehead atoms. The Kier molecular flexibility index (Phi) is 6.57. The van der Waals surface area contributed by atoms with Gasteiger partial charge in [0.1, 0.15) is 11.4 Å². The Hall–Kier alpha value is -3.50. The van der Waals surface area contributed by atoms with E-state index in [4.69, 9.17) is 9.72 Å². The average Bonchev–Trinajstić information content (AvgIpc) is 2.80. The van der Waals surface area contributed by atoms with Gasteiger partial charge >= 0.3 is 0 Å². The summed E-state index contributed by atoms with van der Waals surface area (Å²) >= 11 is 0. The van der Waals surface area contributed by atoms with Crippen LogP contribution in [0.4, 0.5) is 0 Å². The summed E-state index contributed by atoms with van der Waals surface area (Å²) in [6, 6.07) is 27.7. The molecule has 1 aliphatic rings. The number of fused-ring (bicyclic) bond motifs is 1. The highest BCUT2D eigenvalue weighted by atomic mass is 16.5. The topological polar surface area (TPSA) is 70.0 Å². The van der Waals surface area contributed by atoms with Crippen LogP contribution in [0.3, 0.4) is 0 Å². The highest BCUT2D eigenvalue weighted by Crippen LogP contribution is 2.41. The van der Waals surface area contributed by atoms with Gasteiger partial charge in [-0.25, -0.2) is 0 Å². The van der Waals surface area contributed by atoms with Crippen molar-refractivity contribution in [3.05, 3.63) is 113 Å². The summed E-state index contributed by atoms with van der Waals surface area (Å²) in [6.45, 7) is 4.02. The van der Waals surface area contributed by atoms with Crippen molar-refractivity contribution in [1.82, 2.24) is 16.1 Å². The monoisotopic (exact) mass is 437 g/mol. The molecule has 1 aromatic heterocycles. The molecule has 0 radical (unpaired) electrons. The number of hydrogen-bond acceptors (Lipinski definition) is 4. The third-order valence-corrected chi connectivity index (χ3v) is 6.35. The minimum absolute atomic E-state index is 0. The molecule has 0 amide bonds.